The molecule has 16 heavy (non-hydrogen) atoms. The molecule has 1 rings (SSSR count). The van der Waals surface area contributed by atoms with Gasteiger partial charge in [-0.1, -0.05) is 20.8 Å². The largest absolute Gasteiger partial charge is 0.465 e. The third kappa shape index (κ3) is 4.47. The number of nitrogens with zero attached hydrogens (tertiary/aromatic N) is 2. The molecular formula is C12H20N2O2. The smallest absolute Gasteiger partial charge is 0.327 e. The summed E-state index contributed by atoms with van der Waals surface area (Å²) in [5, 5.41) is 4.14. The zero-order chi connectivity index (χ0) is 12.2. The molecule has 0 aliphatic carbocycles. The summed E-state index contributed by atoms with van der Waals surface area (Å²) in [6, 6.07) is 0. The van der Waals surface area contributed by atoms with Crippen LogP contribution in [0.5, 0.6) is 0 Å². The number of aromatic nitrogens is 2. The molecule has 0 atom stereocenters. The lowest BCUT2D eigenvalue weighted by atomic mass is 9.89. The van der Waals surface area contributed by atoms with Crippen molar-refractivity contribution in [1.82, 2.24) is 9.78 Å². The lowest BCUT2D eigenvalue weighted by Gasteiger charge is -2.16. The van der Waals surface area contributed by atoms with Crippen LogP contribution in [0.4, 0.5) is 0 Å². The summed E-state index contributed by atoms with van der Waals surface area (Å²) in [6.07, 6.45) is 4.67. The van der Waals surface area contributed by atoms with Crippen LogP contribution in [0.2, 0.25) is 0 Å². The predicted molar refractivity (Wildman–Crippen MR) is 62.0 cm³/mol. The Morgan fingerprint density at radius 1 is 1.50 bits per heavy atom. The van der Waals surface area contributed by atoms with E-state index in [9.17, 15) is 4.79 Å². The first kappa shape index (κ1) is 12.7. The van der Waals surface area contributed by atoms with E-state index in [2.05, 4.69) is 25.9 Å². The van der Waals surface area contributed by atoms with Gasteiger partial charge in [-0.15, -0.1) is 0 Å². The van der Waals surface area contributed by atoms with Crippen LogP contribution in [-0.4, -0.2) is 22.4 Å². The van der Waals surface area contributed by atoms with Gasteiger partial charge in [0.05, 0.1) is 12.8 Å². The van der Waals surface area contributed by atoms with Crippen LogP contribution in [0.1, 0.15) is 33.3 Å². The van der Waals surface area contributed by atoms with Crippen LogP contribution < -0.4 is 0 Å². The molecule has 90 valence electrons. The number of carbonyl (C=O) groups excluding carboxylic acids is 1. The Labute approximate surface area is 96.6 Å². The second-order valence-electron chi connectivity index (χ2n) is 5.09. The van der Waals surface area contributed by atoms with E-state index in [1.54, 1.807) is 11.6 Å². The Bertz CT molecular complexity index is 350. The Morgan fingerprint density at radius 3 is 2.75 bits per heavy atom. The molecule has 0 unspecified atom stereocenters. The molecule has 1 aromatic heterocycles. The minimum absolute atomic E-state index is 0.192. The number of hydrogen-bond donors (Lipinski definition) is 0. The quantitative estimate of drug-likeness (QED) is 0.735. The molecule has 4 nitrogen and oxygen atoms in total. The normalized spacial score (nSPS) is 11.5. The van der Waals surface area contributed by atoms with Gasteiger partial charge in [0, 0.05) is 6.20 Å². The maximum Gasteiger partial charge on any atom is 0.327 e. The fourth-order valence-corrected chi connectivity index (χ4v) is 1.54. The van der Waals surface area contributed by atoms with Crippen molar-refractivity contribution in [1.29, 1.82) is 0 Å². The Morgan fingerprint density at radius 2 is 2.19 bits per heavy atom. The maximum atomic E-state index is 11.2. The van der Waals surface area contributed by atoms with Crippen LogP contribution >= 0.6 is 0 Å². The van der Waals surface area contributed by atoms with Crippen LogP contribution in [0.15, 0.2) is 12.4 Å². The lowest BCUT2D eigenvalue weighted by Crippen LogP contribution is -2.13. The lowest BCUT2D eigenvalue weighted by molar-refractivity contribution is -0.144. The molecular weight excluding hydrogens is 204 g/mol. The summed E-state index contributed by atoms with van der Waals surface area (Å²) < 4.78 is 6.48. The van der Waals surface area contributed by atoms with Gasteiger partial charge in [0.25, 0.3) is 0 Å². The summed E-state index contributed by atoms with van der Waals surface area (Å²) in [4.78, 5) is 11.2. The summed E-state index contributed by atoms with van der Waals surface area (Å²) in [6.45, 7) is 8.93. The first-order valence-electron chi connectivity index (χ1n) is 5.57. The van der Waals surface area contributed by atoms with Crippen molar-refractivity contribution in [3.05, 3.63) is 18.0 Å². The highest BCUT2D eigenvalue weighted by Crippen LogP contribution is 2.19. The van der Waals surface area contributed by atoms with Crippen LogP contribution in [0, 0.1) is 5.41 Å². The van der Waals surface area contributed by atoms with Gasteiger partial charge in [0.1, 0.15) is 6.54 Å². The van der Waals surface area contributed by atoms with Crippen molar-refractivity contribution >= 4 is 5.97 Å². The summed E-state index contributed by atoms with van der Waals surface area (Å²) in [5.74, 6) is -0.243. The van der Waals surface area contributed by atoms with E-state index in [0.717, 1.165) is 12.0 Å². The first-order valence-corrected chi connectivity index (χ1v) is 5.57. The van der Waals surface area contributed by atoms with E-state index in [0.29, 0.717) is 6.61 Å². The van der Waals surface area contributed by atoms with E-state index >= 15 is 0 Å². The first-order chi connectivity index (χ1) is 7.40. The van der Waals surface area contributed by atoms with Gasteiger partial charge in [-0.2, -0.15) is 5.10 Å². The Balaban J connectivity index is 2.55. The molecule has 1 heterocycles. The molecule has 1 aromatic rings. The molecule has 0 aliphatic heterocycles. The van der Waals surface area contributed by atoms with Crippen molar-refractivity contribution in [2.45, 2.75) is 40.7 Å². The van der Waals surface area contributed by atoms with E-state index in [4.69, 9.17) is 4.74 Å². The van der Waals surface area contributed by atoms with Crippen LogP contribution in [0.3, 0.4) is 0 Å². The molecule has 0 spiro atoms. The molecule has 0 saturated carbocycles. The maximum absolute atomic E-state index is 11.2. The average Bonchev–Trinajstić information content (AvgIpc) is 2.49. The number of carbonyl (C=O) groups is 1. The van der Waals surface area contributed by atoms with E-state index < -0.39 is 0 Å². The van der Waals surface area contributed by atoms with Crippen molar-refractivity contribution in [2.75, 3.05) is 6.61 Å². The zero-order valence-corrected chi connectivity index (χ0v) is 10.5. The molecule has 0 N–H and O–H groups in total. The van der Waals surface area contributed by atoms with Gasteiger partial charge in [-0.05, 0) is 24.3 Å². The standard InChI is InChI=1S/C12H20N2O2/c1-5-16-11(15)9-14-8-10(7-13-14)6-12(2,3)4/h7-8H,5-6,9H2,1-4H3. The average molecular weight is 224 g/mol. The predicted octanol–water partition coefficient (Wildman–Crippen LogP) is 2.03. The SMILES string of the molecule is CCOC(=O)Cn1cc(CC(C)(C)C)cn1. The number of esters is 1. The highest BCUT2D eigenvalue weighted by atomic mass is 16.5. The molecule has 0 amide bonds. The van der Waals surface area contributed by atoms with Crippen molar-refractivity contribution in [2.24, 2.45) is 5.41 Å². The van der Waals surface area contributed by atoms with Gasteiger partial charge < -0.3 is 4.74 Å². The Hall–Kier alpha value is -1.32. The van der Waals surface area contributed by atoms with Crippen LogP contribution in [0.25, 0.3) is 0 Å². The number of ether oxygens (including phenoxy) is 1. The van der Waals surface area contributed by atoms with Crippen molar-refractivity contribution in [3.63, 3.8) is 0 Å². The molecule has 0 fully saturated rings. The summed E-state index contributed by atoms with van der Waals surface area (Å²) in [5.41, 5.74) is 1.38. The fraction of sp³-hybridized carbons (Fsp3) is 0.667. The third-order valence-electron chi connectivity index (χ3n) is 2.02. The van der Waals surface area contributed by atoms with E-state index in [1.807, 2.05) is 12.4 Å². The molecule has 0 radical (unpaired) electrons. The topological polar surface area (TPSA) is 44.1 Å². The summed E-state index contributed by atoms with van der Waals surface area (Å²) in [7, 11) is 0. The van der Waals surface area contributed by atoms with E-state index in [1.165, 1.54) is 0 Å². The third-order valence-corrected chi connectivity index (χ3v) is 2.02. The van der Waals surface area contributed by atoms with Crippen LogP contribution in [-0.2, 0) is 22.5 Å². The van der Waals surface area contributed by atoms with Gasteiger partial charge in [0.15, 0.2) is 0 Å². The van der Waals surface area contributed by atoms with Gasteiger partial charge >= 0.3 is 5.97 Å². The molecule has 0 aliphatic rings. The fourth-order valence-electron chi connectivity index (χ4n) is 1.54. The van der Waals surface area contributed by atoms with Crippen molar-refractivity contribution < 1.29 is 9.53 Å². The highest BCUT2D eigenvalue weighted by Gasteiger charge is 2.13. The van der Waals surface area contributed by atoms with Gasteiger partial charge in [-0.3, -0.25) is 9.48 Å². The van der Waals surface area contributed by atoms with Gasteiger partial charge in [-0.25, -0.2) is 0 Å². The number of rotatable bonds is 4. The monoisotopic (exact) mass is 224 g/mol. The molecule has 4 heteroatoms. The highest BCUT2D eigenvalue weighted by molar-refractivity contribution is 5.68. The second kappa shape index (κ2) is 5.14. The molecule has 0 aromatic carbocycles. The van der Waals surface area contributed by atoms with Gasteiger partial charge in [0.2, 0.25) is 0 Å². The Kier molecular flexibility index (Phi) is 4.10. The minimum atomic E-state index is -0.243. The molecule has 0 bridgehead atoms. The second-order valence-corrected chi connectivity index (χ2v) is 5.09. The zero-order valence-electron chi connectivity index (χ0n) is 10.5. The number of hydrogen-bond acceptors (Lipinski definition) is 3. The molecule has 0 saturated heterocycles. The summed E-state index contributed by atoms with van der Waals surface area (Å²) >= 11 is 0. The van der Waals surface area contributed by atoms with E-state index in [-0.39, 0.29) is 17.9 Å². The van der Waals surface area contributed by atoms with Crippen molar-refractivity contribution in [3.8, 4) is 0 Å². The minimum Gasteiger partial charge on any atom is -0.465 e.